The second kappa shape index (κ2) is 7.21. The highest BCUT2D eigenvalue weighted by Crippen LogP contribution is 2.22. The number of carbonyl (C=O) groups excluding carboxylic acids is 1. The molecule has 7 heteroatoms. The molecule has 0 aliphatic carbocycles. The van der Waals surface area contributed by atoms with Gasteiger partial charge in [0.1, 0.15) is 0 Å². The first kappa shape index (κ1) is 17.4. The lowest BCUT2D eigenvalue weighted by Crippen LogP contribution is -2.44. The zero-order valence-corrected chi connectivity index (χ0v) is 14.7. The molecule has 0 radical (unpaired) electrons. The van der Waals surface area contributed by atoms with E-state index < -0.39 is 15.9 Å². The molecule has 0 spiro atoms. The van der Waals surface area contributed by atoms with E-state index in [0.29, 0.717) is 6.61 Å². The van der Waals surface area contributed by atoms with Gasteiger partial charge in [-0.1, -0.05) is 25.5 Å². The summed E-state index contributed by atoms with van der Waals surface area (Å²) in [6, 6.07) is 6.82. The number of carbonyl (C=O) groups is 1. The van der Waals surface area contributed by atoms with Crippen molar-refractivity contribution in [3.63, 3.8) is 0 Å². The van der Waals surface area contributed by atoms with Crippen molar-refractivity contribution in [1.29, 1.82) is 0 Å². The van der Waals surface area contributed by atoms with Crippen molar-refractivity contribution in [1.82, 2.24) is 9.62 Å². The molecule has 2 aliphatic heterocycles. The molecular weight excluding hydrogens is 328 g/mol. The Balaban J connectivity index is 1.80. The highest BCUT2D eigenvalue weighted by atomic mass is 32.2. The number of hydrogen-bond acceptors (Lipinski definition) is 4. The Bertz CT molecular complexity index is 687. The van der Waals surface area contributed by atoms with E-state index in [1.807, 2.05) is 12.1 Å². The average Bonchev–Trinajstić information content (AvgIpc) is 2.82. The molecule has 2 atom stereocenters. The van der Waals surface area contributed by atoms with Crippen LogP contribution in [0.1, 0.15) is 25.3 Å². The number of sulfonamides is 1. The highest BCUT2D eigenvalue weighted by Gasteiger charge is 2.38. The first-order chi connectivity index (χ1) is 11.5. The maximum absolute atomic E-state index is 12.9. The second-order valence-corrected chi connectivity index (χ2v) is 8.45. The van der Waals surface area contributed by atoms with Gasteiger partial charge in [-0.2, -0.15) is 4.31 Å². The summed E-state index contributed by atoms with van der Waals surface area (Å²) in [7, 11) is -3.60. The normalized spacial score (nSPS) is 25.1. The molecule has 2 fully saturated rings. The van der Waals surface area contributed by atoms with Gasteiger partial charge in [0, 0.05) is 13.1 Å². The Morgan fingerprint density at radius 2 is 1.96 bits per heavy atom. The Morgan fingerprint density at radius 1 is 1.21 bits per heavy atom. The van der Waals surface area contributed by atoms with Crippen molar-refractivity contribution in [3.8, 4) is 0 Å². The lowest BCUT2D eigenvalue weighted by Gasteiger charge is -2.27. The largest absolute Gasteiger partial charge is 0.378 e. The molecule has 2 bridgehead atoms. The topological polar surface area (TPSA) is 75.7 Å². The molecule has 1 amide bonds. The summed E-state index contributed by atoms with van der Waals surface area (Å²) >= 11 is 0. The van der Waals surface area contributed by atoms with Crippen molar-refractivity contribution in [2.45, 2.75) is 37.1 Å². The quantitative estimate of drug-likeness (QED) is 0.863. The summed E-state index contributed by atoms with van der Waals surface area (Å²) in [6.45, 7) is 3.17. The molecule has 1 aromatic rings. The Labute approximate surface area is 143 Å². The van der Waals surface area contributed by atoms with Gasteiger partial charge < -0.3 is 10.1 Å². The van der Waals surface area contributed by atoms with Gasteiger partial charge >= 0.3 is 0 Å². The molecule has 6 nitrogen and oxygen atoms in total. The minimum absolute atomic E-state index is 0.120. The molecule has 2 aliphatic rings. The third-order valence-corrected chi connectivity index (χ3v) is 6.43. The summed E-state index contributed by atoms with van der Waals surface area (Å²) in [4.78, 5) is 12.3. The van der Waals surface area contributed by atoms with Crippen LogP contribution < -0.4 is 5.32 Å². The number of aryl methyl sites for hydroxylation is 1. The minimum Gasteiger partial charge on any atom is -0.378 e. The number of hydrogen-bond donors (Lipinski definition) is 1. The highest BCUT2D eigenvalue weighted by molar-refractivity contribution is 7.89. The monoisotopic (exact) mass is 352 g/mol. The molecule has 3 rings (SSSR count). The first-order valence-corrected chi connectivity index (χ1v) is 9.92. The van der Waals surface area contributed by atoms with E-state index in [4.69, 9.17) is 4.74 Å². The van der Waals surface area contributed by atoms with E-state index in [9.17, 15) is 13.2 Å². The zero-order valence-electron chi connectivity index (χ0n) is 13.9. The van der Waals surface area contributed by atoms with Crippen LogP contribution in [-0.4, -0.2) is 51.0 Å². The Hall–Kier alpha value is -1.44. The van der Waals surface area contributed by atoms with E-state index in [1.165, 1.54) is 4.31 Å². The molecular formula is C17H24N2O4S. The van der Waals surface area contributed by atoms with Crippen LogP contribution in [0.2, 0.25) is 0 Å². The fraction of sp³-hybridized carbons (Fsp3) is 0.588. The van der Waals surface area contributed by atoms with Crippen LogP contribution in [0, 0.1) is 5.92 Å². The van der Waals surface area contributed by atoms with E-state index in [1.54, 1.807) is 12.1 Å². The number of unbranched alkanes of at least 4 members (excludes halogenated alkanes) is 1. The number of rotatable bonds is 5. The van der Waals surface area contributed by atoms with Crippen LogP contribution in [0.5, 0.6) is 0 Å². The molecule has 2 saturated heterocycles. The number of nitrogens with zero attached hydrogens (tertiary/aromatic N) is 1. The van der Waals surface area contributed by atoms with Gasteiger partial charge in [-0.05, 0) is 30.5 Å². The van der Waals surface area contributed by atoms with Gasteiger partial charge in [0.05, 0.1) is 30.1 Å². The molecule has 1 aromatic carbocycles. The fourth-order valence-corrected chi connectivity index (χ4v) is 4.67. The van der Waals surface area contributed by atoms with Crippen LogP contribution in [-0.2, 0) is 26.0 Å². The zero-order chi connectivity index (χ0) is 17.2. The number of ether oxygens (including phenoxy) is 1. The third kappa shape index (κ3) is 3.63. The van der Waals surface area contributed by atoms with Gasteiger partial charge in [0.25, 0.3) is 0 Å². The van der Waals surface area contributed by atoms with Gasteiger partial charge in [-0.25, -0.2) is 8.42 Å². The number of amides is 1. The van der Waals surface area contributed by atoms with Crippen molar-refractivity contribution < 1.29 is 17.9 Å². The van der Waals surface area contributed by atoms with E-state index in [-0.39, 0.29) is 36.5 Å². The van der Waals surface area contributed by atoms with Crippen LogP contribution in [0.25, 0.3) is 0 Å². The predicted octanol–water partition coefficient (Wildman–Crippen LogP) is 1.16. The predicted molar refractivity (Wildman–Crippen MR) is 90.1 cm³/mol. The van der Waals surface area contributed by atoms with Gasteiger partial charge in [0.2, 0.25) is 15.9 Å². The van der Waals surface area contributed by atoms with Crippen LogP contribution in [0.15, 0.2) is 29.2 Å². The summed E-state index contributed by atoms with van der Waals surface area (Å²) in [6.07, 6.45) is 3.16. The van der Waals surface area contributed by atoms with Crippen molar-refractivity contribution in [3.05, 3.63) is 29.8 Å². The SMILES string of the molecule is CCCCc1ccc(S(=O)(=O)N2C[C@H]3COC[C@@H](C2)C(=O)N3)cc1. The van der Waals surface area contributed by atoms with Gasteiger partial charge in [-0.15, -0.1) is 0 Å². The van der Waals surface area contributed by atoms with E-state index in [2.05, 4.69) is 12.2 Å². The standard InChI is InChI=1S/C17H24N2O4S/c1-2-3-4-13-5-7-16(8-6-13)24(21,22)19-9-14-11-23-12-15(10-19)18-17(14)20/h5-8,14-15H,2-4,9-12H2,1H3,(H,18,20)/t14-,15+/m1/s1. The Morgan fingerprint density at radius 3 is 2.67 bits per heavy atom. The van der Waals surface area contributed by atoms with Crippen LogP contribution in [0.4, 0.5) is 0 Å². The number of fused-ring (bicyclic) bond motifs is 3. The minimum atomic E-state index is -3.60. The number of benzene rings is 1. The summed E-state index contributed by atoms with van der Waals surface area (Å²) in [5, 5.41) is 2.86. The maximum atomic E-state index is 12.9. The molecule has 132 valence electrons. The maximum Gasteiger partial charge on any atom is 0.243 e. The number of nitrogens with one attached hydrogen (secondary N) is 1. The summed E-state index contributed by atoms with van der Waals surface area (Å²) in [5.74, 6) is -0.568. The van der Waals surface area contributed by atoms with Gasteiger partial charge in [-0.3, -0.25) is 4.79 Å². The second-order valence-electron chi connectivity index (χ2n) is 6.51. The Kier molecular flexibility index (Phi) is 5.22. The summed E-state index contributed by atoms with van der Waals surface area (Å²) < 4.78 is 32.8. The lowest BCUT2D eigenvalue weighted by molar-refractivity contribution is -0.125. The van der Waals surface area contributed by atoms with Gasteiger partial charge in [0.15, 0.2) is 0 Å². The first-order valence-electron chi connectivity index (χ1n) is 8.48. The van der Waals surface area contributed by atoms with Crippen molar-refractivity contribution in [2.75, 3.05) is 26.3 Å². The molecule has 24 heavy (non-hydrogen) atoms. The molecule has 0 aromatic heterocycles. The van der Waals surface area contributed by atoms with Crippen molar-refractivity contribution >= 4 is 15.9 Å². The van der Waals surface area contributed by atoms with Crippen LogP contribution in [0.3, 0.4) is 0 Å². The smallest absolute Gasteiger partial charge is 0.243 e. The lowest BCUT2D eigenvalue weighted by atomic mass is 10.1. The average molecular weight is 352 g/mol. The molecule has 0 unspecified atom stereocenters. The molecule has 1 N–H and O–H groups in total. The molecule has 2 heterocycles. The van der Waals surface area contributed by atoms with E-state index >= 15 is 0 Å². The summed E-state index contributed by atoms with van der Waals surface area (Å²) in [5.41, 5.74) is 1.15. The van der Waals surface area contributed by atoms with E-state index in [0.717, 1.165) is 24.8 Å². The third-order valence-electron chi connectivity index (χ3n) is 4.58. The van der Waals surface area contributed by atoms with Crippen LogP contribution >= 0.6 is 0 Å². The molecule has 0 saturated carbocycles. The van der Waals surface area contributed by atoms with Crippen molar-refractivity contribution in [2.24, 2.45) is 5.92 Å². The fourth-order valence-electron chi connectivity index (χ4n) is 3.14.